The number of aromatic nitrogens is 2. The number of halogens is 1. The molecule has 3 unspecified atom stereocenters. The second kappa shape index (κ2) is 6.36. The summed E-state index contributed by atoms with van der Waals surface area (Å²) in [6.45, 7) is 1.95. The highest BCUT2D eigenvalue weighted by Crippen LogP contribution is 2.41. The molecule has 6 heteroatoms. The maximum atomic E-state index is 13.3. The number of carbonyl (C=O) groups excluding carboxylic acids is 1. The number of nitrogens with zero attached hydrogens (tertiary/aromatic N) is 2. The van der Waals surface area contributed by atoms with Crippen LogP contribution in [0.1, 0.15) is 47.3 Å². The Bertz CT molecular complexity index is 738. The lowest BCUT2D eigenvalue weighted by molar-refractivity contribution is 0.0944. The van der Waals surface area contributed by atoms with E-state index in [1.54, 1.807) is 18.2 Å². The van der Waals surface area contributed by atoms with Gasteiger partial charge >= 0.3 is 0 Å². The fourth-order valence-electron chi connectivity index (χ4n) is 3.42. The van der Waals surface area contributed by atoms with Crippen LogP contribution in [0.4, 0.5) is 4.39 Å². The van der Waals surface area contributed by atoms with Crippen molar-refractivity contribution in [2.45, 2.75) is 37.3 Å². The molecule has 2 fully saturated rings. The summed E-state index contributed by atoms with van der Waals surface area (Å²) in [5, 5.41) is 10.8. The lowest BCUT2D eigenvalue weighted by Gasteiger charge is -2.22. The highest BCUT2D eigenvalue weighted by molar-refractivity contribution is 5.92. The van der Waals surface area contributed by atoms with E-state index in [9.17, 15) is 9.18 Å². The molecule has 0 radical (unpaired) electrons. The van der Waals surface area contributed by atoms with Crippen LogP contribution < -0.4 is 10.6 Å². The second-order valence-corrected chi connectivity index (χ2v) is 6.66. The number of rotatable bonds is 4. The summed E-state index contributed by atoms with van der Waals surface area (Å²) < 4.78 is 15.2. The van der Waals surface area contributed by atoms with Crippen molar-refractivity contribution in [3.05, 3.63) is 53.6 Å². The molecule has 0 bridgehead atoms. The minimum absolute atomic E-state index is 0.0702. The van der Waals surface area contributed by atoms with Crippen molar-refractivity contribution in [2.75, 3.05) is 13.1 Å². The SMILES string of the molecule is O=C(NC1CC1c1cccc(F)c1)c1ccn(C2CCCNC2)n1. The maximum absolute atomic E-state index is 13.3. The van der Waals surface area contributed by atoms with Crippen molar-refractivity contribution < 1.29 is 9.18 Å². The van der Waals surface area contributed by atoms with Gasteiger partial charge in [-0.3, -0.25) is 9.48 Å². The first-order valence-electron chi connectivity index (χ1n) is 8.53. The number of carbonyl (C=O) groups is 1. The van der Waals surface area contributed by atoms with Gasteiger partial charge in [-0.05, 0) is 49.6 Å². The molecule has 1 saturated carbocycles. The van der Waals surface area contributed by atoms with Crippen molar-refractivity contribution in [3.8, 4) is 0 Å². The normalized spacial score (nSPS) is 26.1. The Kier molecular flexibility index (Phi) is 4.06. The zero-order valence-corrected chi connectivity index (χ0v) is 13.4. The zero-order chi connectivity index (χ0) is 16.5. The van der Waals surface area contributed by atoms with Gasteiger partial charge in [0.25, 0.3) is 5.91 Å². The van der Waals surface area contributed by atoms with E-state index in [2.05, 4.69) is 15.7 Å². The minimum atomic E-state index is -0.232. The maximum Gasteiger partial charge on any atom is 0.272 e. The minimum Gasteiger partial charge on any atom is -0.347 e. The first kappa shape index (κ1) is 15.3. The Labute approximate surface area is 140 Å². The van der Waals surface area contributed by atoms with Gasteiger partial charge < -0.3 is 10.6 Å². The fourth-order valence-corrected chi connectivity index (χ4v) is 3.42. The molecule has 2 aliphatic rings. The van der Waals surface area contributed by atoms with Gasteiger partial charge in [-0.1, -0.05) is 12.1 Å². The molecule has 1 aromatic carbocycles. The van der Waals surface area contributed by atoms with Crippen LogP contribution in [0.2, 0.25) is 0 Å². The smallest absolute Gasteiger partial charge is 0.272 e. The van der Waals surface area contributed by atoms with Crippen molar-refractivity contribution in [1.29, 1.82) is 0 Å². The first-order valence-corrected chi connectivity index (χ1v) is 8.53. The summed E-state index contributed by atoms with van der Waals surface area (Å²) in [5.41, 5.74) is 1.39. The second-order valence-electron chi connectivity index (χ2n) is 6.66. The predicted octanol–water partition coefficient (Wildman–Crippen LogP) is 2.23. The Morgan fingerprint density at radius 1 is 1.38 bits per heavy atom. The molecule has 1 aromatic heterocycles. The topological polar surface area (TPSA) is 59.0 Å². The largest absolute Gasteiger partial charge is 0.347 e. The molecule has 1 amide bonds. The van der Waals surface area contributed by atoms with Gasteiger partial charge in [-0.25, -0.2) is 4.39 Å². The Hall–Kier alpha value is -2.21. The van der Waals surface area contributed by atoms with Crippen molar-refractivity contribution in [1.82, 2.24) is 20.4 Å². The van der Waals surface area contributed by atoms with E-state index in [4.69, 9.17) is 0 Å². The van der Waals surface area contributed by atoms with Gasteiger partial charge in [0.2, 0.25) is 0 Å². The van der Waals surface area contributed by atoms with E-state index >= 15 is 0 Å². The van der Waals surface area contributed by atoms with Gasteiger partial charge in [0.05, 0.1) is 6.04 Å². The average Bonchev–Trinajstić information content (AvgIpc) is 3.18. The Morgan fingerprint density at radius 2 is 2.29 bits per heavy atom. The van der Waals surface area contributed by atoms with Gasteiger partial charge in [-0.15, -0.1) is 0 Å². The van der Waals surface area contributed by atoms with Gasteiger partial charge in [0.1, 0.15) is 11.5 Å². The van der Waals surface area contributed by atoms with Crippen LogP contribution in [-0.4, -0.2) is 34.8 Å². The monoisotopic (exact) mass is 328 g/mol. The standard InChI is InChI=1S/C18H21FN4O/c19-13-4-1-3-12(9-13)15-10-17(15)21-18(24)16-6-8-23(22-16)14-5-2-7-20-11-14/h1,3-4,6,8-9,14-15,17,20H,2,5,7,10-11H2,(H,21,24). The Morgan fingerprint density at radius 3 is 3.08 bits per heavy atom. The van der Waals surface area contributed by atoms with E-state index in [0.29, 0.717) is 11.7 Å². The Balaban J connectivity index is 1.36. The molecule has 2 heterocycles. The summed E-state index contributed by atoms with van der Waals surface area (Å²) in [6.07, 6.45) is 4.94. The number of benzene rings is 1. The summed E-state index contributed by atoms with van der Waals surface area (Å²) in [5.74, 6) is -0.181. The van der Waals surface area contributed by atoms with Crippen molar-refractivity contribution in [3.63, 3.8) is 0 Å². The molecule has 24 heavy (non-hydrogen) atoms. The molecular weight excluding hydrogens is 307 g/mol. The molecule has 2 N–H and O–H groups in total. The number of hydrogen-bond acceptors (Lipinski definition) is 3. The summed E-state index contributed by atoms with van der Waals surface area (Å²) in [4.78, 5) is 12.4. The summed E-state index contributed by atoms with van der Waals surface area (Å²) in [7, 11) is 0. The molecular formula is C18H21FN4O. The lowest BCUT2D eigenvalue weighted by atomic mass is 10.1. The van der Waals surface area contributed by atoms with E-state index in [1.807, 2.05) is 16.9 Å². The molecule has 1 saturated heterocycles. The van der Waals surface area contributed by atoms with Gasteiger partial charge in [0, 0.05) is 24.7 Å². The van der Waals surface area contributed by atoms with Gasteiger partial charge in [0.15, 0.2) is 0 Å². The fraction of sp³-hybridized carbons (Fsp3) is 0.444. The predicted molar refractivity (Wildman–Crippen MR) is 88.4 cm³/mol. The molecule has 1 aliphatic heterocycles. The summed E-state index contributed by atoms with van der Waals surface area (Å²) in [6, 6.07) is 8.76. The zero-order valence-electron chi connectivity index (χ0n) is 13.4. The van der Waals surface area contributed by atoms with Crippen LogP contribution in [0.5, 0.6) is 0 Å². The van der Waals surface area contributed by atoms with Crippen LogP contribution in [0, 0.1) is 5.82 Å². The number of amides is 1. The highest BCUT2D eigenvalue weighted by atomic mass is 19.1. The van der Waals surface area contributed by atoms with Crippen LogP contribution in [0.3, 0.4) is 0 Å². The molecule has 1 aliphatic carbocycles. The van der Waals surface area contributed by atoms with E-state index in [0.717, 1.165) is 37.9 Å². The average molecular weight is 328 g/mol. The number of hydrogen-bond donors (Lipinski definition) is 2. The lowest BCUT2D eigenvalue weighted by Crippen LogP contribution is -2.32. The third kappa shape index (κ3) is 3.19. The van der Waals surface area contributed by atoms with Crippen LogP contribution in [-0.2, 0) is 0 Å². The van der Waals surface area contributed by atoms with Crippen LogP contribution in [0.15, 0.2) is 36.5 Å². The van der Waals surface area contributed by atoms with E-state index in [1.165, 1.54) is 6.07 Å². The number of nitrogens with one attached hydrogen (secondary N) is 2. The molecule has 5 nitrogen and oxygen atoms in total. The molecule has 126 valence electrons. The molecule has 3 atom stereocenters. The molecule has 4 rings (SSSR count). The van der Waals surface area contributed by atoms with Crippen LogP contribution in [0.25, 0.3) is 0 Å². The first-order chi connectivity index (χ1) is 11.7. The van der Waals surface area contributed by atoms with E-state index in [-0.39, 0.29) is 23.7 Å². The summed E-state index contributed by atoms with van der Waals surface area (Å²) >= 11 is 0. The van der Waals surface area contributed by atoms with Gasteiger partial charge in [-0.2, -0.15) is 5.10 Å². The quantitative estimate of drug-likeness (QED) is 0.905. The third-order valence-corrected chi connectivity index (χ3v) is 4.87. The molecule has 2 aromatic rings. The number of piperidine rings is 1. The third-order valence-electron chi connectivity index (χ3n) is 4.87. The van der Waals surface area contributed by atoms with Crippen molar-refractivity contribution in [2.24, 2.45) is 0 Å². The van der Waals surface area contributed by atoms with Crippen LogP contribution >= 0.6 is 0 Å². The van der Waals surface area contributed by atoms with E-state index < -0.39 is 0 Å². The molecule has 0 spiro atoms. The highest BCUT2D eigenvalue weighted by Gasteiger charge is 2.40. The van der Waals surface area contributed by atoms with Crippen molar-refractivity contribution >= 4 is 5.91 Å².